The van der Waals surface area contributed by atoms with E-state index in [1.807, 2.05) is 25.1 Å². The summed E-state index contributed by atoms with van der Waals surface area (Å²) < 4.78 is 10.6. The summed E-state index contributed by atoms with van der Waals surface area (Å²) in [6, 6.07) is 11.7. The number of hydrogen-bond acceptors (Lipinski definition) is 4. The molecular weight excluding hydrogens is 318 g/mol. The molecule has 0 aliphatic carbocycles. The number of carbonyl (C=O) groups excluding carboxylic acids is 2. The molecule has 134 valence electrons. The molecule has 0 fully saturated rings. The van der Waals surface area contributed by atoms with Gasteiger partial charge in [0.2, 0.25) is 0 Å². The van der Waals surface area contributed by atoms with Crippen LogP contribution in [0.1, 0.15) is 47.7 Å². The molecule has 5 heteroatoms. The molecule has 0 saturated heterocycles. The van der Waals surface area contributed by atoms with Crippen molar-refractivity contribution in [2.45, 2.75) is 52.7 Å². The maximum absolute atomic E-state index is 12.2. The number of aryl methyl sites for hydroxylation is 3. The minimum Gasteiger partial charge on any atom is -0.466 e. The van der Waals surface area contributed by atoms with Crippen LogP contribution in [0.2, 0.25) is 0 Å². The molecule has 1 heterocycles. The Bertz CT molecular complexity index is 721. The average molecular weight is 343 g/mol. The van der Waals surface area contributed by atoms with E-state index in [4.69, 9.17) is 9.15 Å². The number of esters is 1. The number of hydrogen-bond donors (Lipinski definition) is 1. The van der Waals surface area contributed by atoms with Crippen molar-refractivity contribution in [2.24, 2.45) is 0 Å². The molecular formula is C20H25NO4. The van der Waals surface area contributed by atoms with E-state index in [0.29, 0.717) is 17.1 Å². The smallest absolute Gasteiger partial charge is 0.342 e. The van der Waals surface area contributed by atoms with Gasteiger partial charge in [0, 0.05) is 6.04 Å². The van der Waals surface area contributed by atoms with Crippen molar-refractivity contribution in [1.82, 2.24) is 5.32 Å². The minimum absolute atomic E-state index is 0.00763. The fraction of sp³-hybridized carbons (Fsp3) is 0.400. The zero-order chi connectivity index (χ0) is 18.4. The van der Waals surface area contributed by atoms with E-state index in [1.54, 1.807) is 26.8 Å². The molecule has 1 amide bonds. The first kappa shape index (κ1) is 18.8. The van der Waals surface area contributed by atoms with Gasteiger partial charge < -0.3 is 14.5 Å². The molecule has 0 saturated carbocycles. The normalized spacial score (nSPS) is 13.1. The molecule has 1 N–H and O–H groups in total. The van der Waals surface area contributed by atoms with E-state index in [9.17, 15) is 9.59 Å². The lowest BCUT2D eigenvalue weighted by molar-refractivity contribution is -0.129. The summed E-state index contributed by atoms with van der Waals surface area (Å²) in [5.74, 6) is 0.281. The molecule has 0 bridgehead atoms. The van der Waals surface area contributed by atoms with Gasteiger partial charge in [-0.05, 0) is 52.2 Å². The summed E-state index contributed by atoms with van der Waals surface area (Å²) in [6.07, 6.45) is 0.835. The highest BCUT2D eigenvalue weighted by Gasteiger charge is 2.22. The summed E-state index contributed by atoms with van der Waals surface area (Å²) in [6.45, 7) is 6.96. The summed E-state index contributed by atoms with van der Waals surface area (Å²) in [4.78, 5) is 24.3. The van der Waals surface area contributed by atoms with Crippen molar-refractivity contribution < 1.29 is 18.7 Å². The molecule has 1 aromatic heterocycles. The van der Waals surface area contributed by atoms with E-state index < -0.39 is 12.1 Å². The van der Waals surface area contributed by atoms with Crippen LogP contribution in [0.15, 0.2) is 40.8 Å². The molecule has 0 spiro atoms. The van der Waals surface area contributed by atoms with Gasteiger partial charge in [0.1, 0.15) is 17.1 Å². The lowest BCUT2D eigenvalue weighted by Crippen LogP contribution is -2.41. The monoisotopic (exact) mass is 343 g/mol. The highest BCUT2D eigenvalue weighted by molar-refractivity contribution is 5.93. The van der Waals surface area contributed by atoms with Crippen molar-refractivity contribution in [1.29, 1.82) is 0 Å². The van der Waals surface area contributed by atoms with E-state index in [0.717, 1.165) is 12.8 Å². The highest BCUT2D eigenvalue weighted by Crippen LogP contribution is 2.15. The third-order valence-corrected chi connectivity index (χ3v) is 4.01. The fourth-order valence-electron chi connectivity index (χ4n) is 2.57. The average Bonchev–Trinajstić information content (AvgIpc) is 2.92. The Morgan fingerprint density at radius 1 is 1.16 bits per heavy atom. The van der Waals surface area contributed by atoms with Crippen LogP contribution in [0.5, 0.6) is 0 Å². The van der Waals surface area contributed by atoms with Crippen molar-refractivity contribution in [3.8, 4) is 0 Å². The quantitative estimate of drug-likeness (QED) is 0.780. The highest BCUT2D eigenvalue weighted by atomic mass is 16.5. The zero-order valence-corrected chi connectivity index (χ0v) is 15.2. The second-order valence-electron chi connectivity index (χ2n) is 6.31. The predicted molar refractivity (Wildman–Crippen MR) is 95.4 cm³/mol. The molecule has 5 nitrogen and oxygen atoms in total. The van der Waals surface area contributed by atoms with Crippen LogP contribution in [0.3, 0.4) is 0 Å². The van der Waals surface area contributed by atoms with Crippen LogP contribution >= 0.6 is 0 Å². The van der Waals surface area contributed by atoms with Gasteiger partial charge in [0.15, 0.2) is 6.10 Å². The Morgan fingerprint density at radius 3 is 2.44 bits per heavy atom. The number of ether oxygens (including phenoxy) is 1. The van der Waals surface area contributed by atoms with Gasteiger partial charge in [0.05, 0.1) is 0 Å². The maximum atomic E-state index is 12.2. The summed E-state index contributed by atoms with van der Waals surface area (Å²) >= 11 is 0. The van der Waals surface area contributed by atoms with E-state index in [1.165, 1.54) is 5.56 Å². The standard InChI is InChI=1S/C20H25NO4/c1-13(10-11-17-8-6-5-7-9-17)21-19(22)16(4)25-20(23)18-12-14(2)24-15(18)3/h5-9,12-13,16H,10-11H2,1-4H3,(H,21,22)/t13-,16-/m0/s1. The molecule has 0 aliphatic rings. The molecule has 2 atom stereocenters. The van der Waals surface area contributed by atoms with Crippen LogP contribution in [0.4, 0.5) is 0 Å². The van der Waals surface area contributed by atoms with Crippen LogP contribution in [-0.4, -0.2) is 24.0 Å². The first-order valence-electron chi connectivity index (χ1n) is 8.49. The van der Waals surface area contributed by atoms with Crippen molar-refractivity contribution in [3.63, 3.8) is 0 Å². The van der Waals surface area contributed by atoms with E-state index in [-0.39, 0.29) is 11.9 Å². The summed E-state index contributed by atoms with van der Waals surface area (Å²) in [5.41, 5.74) is 1.59. The number of carbonyl (C=O) groups is 2. The Morgan fingerprint density at radius 2 is 1.84 bits per heavy atom. The van der Waals surface area contributed by atoms with Crippen molar-refractivity contribution in [3.05, 3.63) is 59.0 Å². The molecule has 0 radical (unpaired) electrons. The second-order valence-corrected chi connectivity index (χ2v) is 6.31. The van der Waals surface area contributed by atoms with Crippen LogP contribution in [0.25, 0.3) is 0 Å². The number of nitrogens with one attached hydrogen (secondary N) is 1. The summed E-state index contributed by atoms with van der Waals surface area (Å²) in [5, 5.41) is 2.89. The molecule has 25 heavy (non-hydrogen) atoms. The number of rotatable bonds is 7. The third-order valence-electron chi connectivity index (χ3n) is 4.01. The predicted octanol–water partition coefficient (Wildman–Crippen LogP) is 3.58. The first-order valence-corrected chi connectivity index (χ1v) is 8.49. The van der Waals surface area contributed by atoms with E-state index >= 15 is 0 Å². The molecule has 1 aromatic carbocycles. The van der Waals surface area contributed by atoms with Crippen LogP contribution < -0.4 is 5.32 Å². The number of furan rings is 1. The number of amides is 1. The minimum atomic E-state index is -0.860. The van der Waals surface area contributed by atoms with Crippen LogP contribution in [0, 0.1) is 13.8 Å². The lowest BCUT2D eigenvalue weighted by atomic mass is 10.1. The molecule has 0 aliphatic heterocycles. The summed E-state index contributed by atoms with van der Waals surface area (Å²) in [7, 11) is 0. The topological polar surface area (TPSA) is 68.5 Å². The Hall–Kier alpha value is -2.56. The number of benzene rings is 1. The first-order chi connectivity index (χ1) is 11.9. The van der Waals surface area contributed by atoms with Crippen molar-refractivity contribution >= 4 is 11.9 Å². The second kappa shape index (κ2) is 8.51. The van der Waals surface area contributed by atoms with Gasteiger partial charge in [-0.1, -0.05) is 30.3 Å². The Labute approximate surface area is 148 Å². The molecule has 2 rings (SSSR count). The van der Waals surface area contributed by atoms with Gasteiger partial charge in [0.25, 0.3) is 5.91 Å². The van der Waals surface area contributed by atoms with Crippen LogP contribution in [-0.2, 0) is 16.0 Å². The SMILES string of the molecule is Cc1cc(C(=O)O[C@@H](C)C(=O)N[C@@H](C)CCc2ccccc2)c(C)o1. The fourth-order valence-corrected chi connectivity index (χ4v) is 2.57. The van der Waals surface area contributed by atoms with Gasteiger partial charge in [-0.15, -0.1) is 0 Å². The zero-order valence-electron chi connectivity index (χ0n) is 15.2. The van der Waals surface area contributed by atoms with E-state index in [2.05, 4.69) is 17.4 Å². The Kier molecular flexibility index (Phi) is 6.39. The van der Waals surface area contributed by atoms with Gasteiger partial charge >= 0.3 is 5.97 Å². The largest absolute Gasteiger partial charge is 0.466 e. The van der Waals surface area contributed by atoms with Gasteiger partial charge in [-0.3, -0.25) is 4.79 Å². The van der Waals surface area contributed by atoms with Gasteiger partial charge in [-0.2, -0.15) is 0 Å². The van der Waals surface area contributed by atoms with Gasteiger partial charge in [-0.25, -0.2) is 4.79 Å². The lowest BCUT2D eigenvalue weighted by Gasteiger charge is -2.18. The molecule has 2 aromatic rings. The maximum Gasteiger partial charge on any atom is 0.342 e. The van der Waals surface area contributed by atoms with Crippen molar-refractivity contribution in [2.75, 3.05) is 0 Å². The molecule has 0 unspecified atom stereocenters. The Balaban J connectivity index is 1.81. The third kappa shape index (κ3) is 5.48.